The summed E-state index contributed by atoms with van der Waals surface area (Å²) in [6.07, 6.45) is 1.29. The number of barbiturate groups is 1. The molecule has 1 fully saturated rings. The van der Waals surface area contributed by atoms with Crippen LogP contribution in [0.5, 0.6) is 11.5 Å². The molecule has 0 radical (unpaired) electrons. The van der Waals surface area contributed by atoms with Crippen LogP contribution in [0.25, 0.3) is 6.08 Å². The van der Waals surface area contributed by atoms with Crippen molar-refractivity contribution in [1.82, 2.24) is 5.32 Å². The number of methoxy groups -OCH3 is 1. The molecule has 0 aliphatic carbocycles. The highest BCUT2D eigenvalue weighted by atomic mass is 19.1. The third-order valence-electron chi connectivity index (χ3n) is 5.10. The fourth-order valence-electron chi connectivity index (χ4n) is 3.40. The number of rotatable bonds is 7. The Labute approximate surface area is 205 Å². The standard InChI is InChI=1S/C26H20FN3O6/c1-35-22-14-16(7-12-21(22)36-15-23(31)28-18-5-3-2-4-6-18)13-20-24(32)29-26(34)30(25(20)33)19-10-8-17(27)9-11-19/h2-14H,15H2,1H3,(H,28,31)(H,29,32,34)/b20-13+. The molecule has 0 bridgehead atoms. The quantitative estimate of drug-likeness (QED) is 0.388. The van der Waals surface area contributed by atoms with Gasteiger partial charge in [-0.3, -0.25) is 19.7 Å². The van der Waals surface area contributed by atoms with Crippen LogP contribution in [0, 0.1) is 5.82 Å². The van der Waals surface area contributed by atoms with E-state index in [1.54, 1.807) is 30.3 Å². The molecule has 1 aliphatic heterocycles. The van der Waals surface area contributed by atoms with Crippen molar-refractivity contribution < 1.29 is 33.0 Å². The molecule has 0 saturated carbocycles. The first-order chi connectivity index (χ1) is 17.4. The topological polar surface area (TPSA) is 114 Å². The van der Waals surface area contributed by atoms with Gasteiger partial charge in [0.2, 0.25) is 0 Å². The van der Waals surface area contributed by atoms with E-state index in [1.807, 2.05) is 6.07 Å². The van der Waals surface area contributed by atoms with Crippen LogP contribution < -0.4 is 25.0 Å². The Morgan fingerprint density at radius 1 is 1.00 bits per heavy atom. The Balaban J connectivity index is 1.51. The number of imide groups is 2. The maximum Gasteiger partial charge on any atom is 0.335 e. The summed E-state index contributed by atoms with van der Waals surface area (Å²) in [6.45, 7) is -0.276. The molecule has 4 rings (SSSR count). The normalized spacial score (nSPS) is 14.4. The molecule has 2 N–H and O–H groups in total. The van der Waals surface area contributed by atoms with E-state index in [0.717, 1.165) is 17.0 Å². The Morgan fingerprint density at radius 3 is 2.42 bits per heavy atom. The van der Waals surface area contributed by atoms with Gasteiger partial charge in [-0.2, -0.15) is 0 Å². The molecule has 0 unspecified atom stereocenters. The van der Waals surface area contributed by atoms with E-state index in [0.29, 0.717) is 11.3 Å². The third-order valence-corrected chi connectivity index (χ3v) is 5.10. The van der Waals surface area contributed by atoms with Crippen LogP contribution >= 0.6 is 0 Å². The number of carbonyl (C=O) groups excluding carboxylic acids is 4. The molecule has 1 aliphatic rings. The smallest absolute Gasteiger partial charge is 0.335 e. The highest BCUT2D eigenvalue weighted by molar-refractivity contribution is 6.39. The van der Waals surface area contributed by atoms with Gasteiger partial charge < -0.3 is 14.8 Å². The Bertz CT molecular complexity index is 1360. The van der Waals surface area contributed by atoms with E-state index in [2.05, 4.69) is 10.6 Å². The molecule has 3 aromatic carbocycles. The van der Waals surface area contributed by atoms with Crippen LogP contribution in [0.3, 0.4) is 0 Å². The lowest BCUT2D eigenvalue weighted by molar-refractivity contribution is -0.122. The second-order valence-corrected chi connectivity index (χ2v) is 7.55. The summed E-state index contributed by atoms with van der Waals surface area (Å²) in [5.74, 6) is -2.13. The number of nitrogens with zero attached hydrogens (tertiary/aromatic N) is 1. The van der Waals surface area contributed by atoms with Gasteiger partial charge in [-0.25, -0.2) is 14.1 Å². The number of halogens is 1. The molecular formula is C26H20FN3O6. The highest BCUT2D eigenvalue weighted by Gasteiger charge is 2.36. The van der Waals surface area contributed by atoms with E-state index in [4.69, 9.17) is 9.47 Å². The maximum atomic E-state index is 13.3. The van der Waals surface area contributed by atoms with Gasteiger partial charge in [-0.15, -0.1) is 0 Å². The zero-order valence-electron chi connectivity index (χ0n) is 19.0. The summed E-state index contributed by atoms with van der Waals surface area (Å²) in [4.78, 5) is 50.5. The molecule has 0 atom stereocenters. The van der Waals surface area contributed by atoms with Crippen LogP contribution in [0.4, 0.5) is 20.6 Å². The number of para-hydroxylation sites is 1. The predicted octanol–water partition coefficient (Wildman–Crippen LogP) is 3.52. The van der Waals surface area contributed by atoms with Gasteiger partial charge >= 0.3 is 6.03 Å². The van der Waals surface area contributed by atoms with E-state index in [9.17, 15) is 23.6 Å². The van der Waals surface area contributed by atoms with E-state index in [1.165, 1.54) is 37.5 Å². The number of anilines is 2. The molecule has 0 spiro atoms. The average Bonchev–Trinajstić information content (AvgIpc) is 2.87. The van der Waals surface area contributed by atoms with Crippen molar-refractivity contribution in [2.75, 3.05) is 23.9 Å². The van der Waals surface area contributed by atoms with Crippen molar-refractivity contribution >= 4 is 41.2 Å². The molecular weight excluding hydrogens is 469 g/mol. The Morgan fingerprint density at radius 2 is 1.72 bits per heavy atom. The van der Waals surface area contributed by atoms with Crippen molar-refractivity contribution in [1.29, 1.82) is 0 Å². The minimum atomic E-state index is -0.941. The molecule has 3 aromatic rings. The average molecular weight is 489 g/mol. The SMILES string of the molecule is COc1cc(/C=C2\C(=O)NC(=O)N(c3ccc(F)cc3)C2=O)ccc1OCC(=O)Nc1ccccc1. The number of amides is 5. The summed E-state index contributed by atoms with van der Waals surface area (Å²) in [5, 5.41) is 4.80. The fourth-order valence-corrected chi connectivity index (χ4v) is 3.40. The van der Waals surface area contributed by atoms with Crippen molar-refractivity contribution in [2.24, 2.45) is 0 Å². The van der Waals surface area contributed by atoms with Gasteiger partial charge in [0, 0.05) is 5.69 Å². The number of hydrogen-bond acceptors (Lipinski definition) is 6. The maximum absolute atomic E-state index is 13.3. The molecule has 36 heavy (non-hydrogen) atoms. The number of urea groups is 1. The molecule has 182 valence electrons. The zero-order chi connectivity index (χ0) is 25.7. The van der Waals surface area contributed by atoms with Gasteiger partial charge in [0.15, 0.2) is 18.1 Å². The Hall–Kier alpha value is -4.99. The number of carbonyl (C=O) groups is 4. The number of nitrogens with one attached hydrogen (secondary N) is 2. The van der Waals surface area contributed by atoms with Crippen molar-refractivity contribution in [2.45, 2.75) is 0 Å². The van der Waals surface area contributed by atoms with Crippen LogP contribution in [0.1, 0.15) is 5.56 Å². The molecule has 0 aromatic heterocycles. The second-order valence-electron chi connectivity index (χ2n) is 7.55. The molecule has 1 heterocycles. The van der Waals surface area contributed by atoms with Gasteiger partial charge in [0.25, 0.3) is 17.7 Å². The van der Waals surface area contributed by atoms with Crippen molar-refractivity contribution in [3.8, 4) is 11.5 Å². The molecule has 9 nitrogen and oxygen atoms in total. The summed E-state index contributed by atoms with van der Waals surface area (Å²) >= 11 is 0. The monoisotopic (exact) mass is 489 g/mol. The van der Waals surface area contributed by atoms with Crippen molar-refractivity contribution in [3.63, 3.8) is 0 Å². The first-order valence-corrected chi connectivity index (χ1v) is 10.7. The highest BCUT2D eigenvalue weighted by Crippen LogP contribution is 2.30. The van der Waals surface area contributed by atoms with Crippen LogP contribution in [-0.2, 0) is 14.4 Å². The van der Waals surface area contributed by atoms with Gasteiger partial charge in [0.1, 0.15) is 11.4 Å². The predicted molar refractivity (Wildman–Crippen MR) is 129 cm³/mol. The van der Waals surface area contributed by atoms with Gasteiger partial charge in [-0.1, -0.05) is 24.3 Å². The lowest BCUT2D eigenvalue weighted by atomic mass is 10.1. The summed E-state index contributed by atoms with van der Waals surface area (Å²) in [5.41, 5.74) is 0.827. The van der Waals surface area contributed by atoms with Crippen molar-refractivity contribution in [3.05, 3.63) is 89.8 Å². The number of ether oxygens (including phenoxy) is 2. The lowest BCUT2D eigenvalue weighted by Gasteiger charge is -2.26. The minimum absolute atomic E-state index is 0.104. The van der Waals surface area contributed by atoms with E-state index >= 15 is 0 Å². The third kappa shape index (κ3) is 5.39. The first kappa shape index (κ1) is 24.1. The van der Waals surface area contributed by atoms with Gasteiger partial charge in [0.05, 0.1) is 12.8 Å². The largest absolute Gasteiger partial charge is 0.493 e. The number of benzene rings is 3. The lowest BCUT2D eigenvalue weighted by Crippen LogP contribution is -2.54. The van der Waals surface area contributed by atoms with E-state index in [-0.39, 0.29) is 35.3 Å². The first-order valence-electron chi connectivity index (χ1n) is 10.7. The van der Waals surface area contributed by atoms with E-state index < -0.39 is 23.7 Å². The van der Waals surface area contributed by atoms with Crippen LogP contribution in [0.2, 0.25) is 0 Å². The van der Waals surface area contributed by atoms with Crippen LogP contribution in [0.15, 0.2) is 78.4 Å². The summed E-state index contributed by atoms with van der Waals surface area (Å²) in [6, 6.07) is 17.2. The minimum Gasteiger partial charge on any atom is -0.493 e. The fraction of sp³-hybridized carbons (Fsp3) is 0.0769. The summed E-state index contributed by atoms with van der Waals surface area (Å²) < 4.78 is 24.1. The molecule has 10 heteroatoms. The second kappa shape index (κ2) is 10.5. The number of hydrogen-bond donors (Lipinski definition) is 2. The van der Waals surface area contributed by atoms with Crippen LogP contribution in [-0.4, -0.2) is 37.5 Å². The zero-order valence-corrected chi connectivity index (χ0v) is 19.0. The summed E-state index contributed by atoms with van der Waals surface area (Å²) in [7, 11) is 1.40. The molecule has 5 amide bonds. The van der Waals surface area contributed by atoms with Gasteiger partial charge in [-0.05, 0) is 60.2 Å². The Kier molecular flexibility index (Phi) is 7.05. The molecule has 1 saturated heterocycles.